The molecule has 3 nitrogen and oxygen atoms in total. The summed E-state index contributed by atoms with van der Waals surface area (Å²) in [6, 6.07) is 0. The highest BCUT2D eigenvalue weighted by Gasteiger charge is 2.60. The highest BCUT2D eigenvalue weighted by atomic mass is 28.3. The van der Waals surface area contributed by atoms with E-state index in [1.165, 1.54) is 10.8 Å². The zero-order valence-corrected chi connectivity index (χ0v) is 15.1. The number of rotatable bonds is 3. The number of allylic oxidation sites excluding steroid dienone is 2. The van der Waals surface area contributed by atoms with Crippen LogP contribution in [-0.2, 0) is 0 Å². The first-order valence-electron chi connectivity index (χ1n) is 8.37. The smallest absolute Gasteiger partial charge is 0.117 e. The van der Waals surface area contributed by atoms with Crippen LogP contribution in [0, 0.1) is 11.8 Å². The molecule has 22 heavy (non-hydrogen) atoms. The number of hydrogen-bond donors (Lipinski definition) is 3. The van der Waals surface area contributed by atoms with E-state index in [0.717, 1.165) is 24.0 Å². The van der Waals surface area contributed by atoms with E-state index in [0.29, 0.717) is 12.3 Å². The van der Waals surface area contributed by atoms with Gasteiger partial charge < -0.3 is 15.3 Å². The van der Waals surface area contributed by atoms with Crippen molar-refractivity contribution in [3.8, 4) is 0 Å². The first-order valence-corrected chi connectivity index (χ1v) is 11.9. The minimum absolute atomic E-state index is 0.0595. The maximum absolute atomic E-state index is 10.9. The molecule has 1 saturated carbocycles. The molecule has 1 fully saturated rings. The van der Waals surface area contributed by atoms with Gasteiger partial charge in [0.25, 0.3) is 0 Å². The number of aliphatic hydroxyl groups excluding tert-OH is 2. The van der Waals surface area contributed by atoms with Gasteiger partial charge in [0.2, 0.25) is 0 Å². The Morgan fingerprint density at radius 1 is 1.41 bits per heavy atom. The fraction of sp³-hybridized carbons (Fsp3) is 0.667. The average molecular weight is 321 g/mol. The van der Waals surface area contributed by atoms with E-state index < -0.39 is 19.8 Å². The Bertz CT molecular complexity index is 582. The Balaban J connectivity index is 2.13. The minimum Gasteiger partial charge on any atom is -0.392 e. The lowest BCUT2D eigenvalue weighted by molar-refractivity contribution is -0.0842. The average Bonchev–Trinajstić information content (AvgIpc) is 2.44. The molecule has 3 aliphatic carbocycles. The normalized spacial score (nSPS) is 38.4. The lowest BCUT2D eigenvalue weighted by Gasteiger charge is -2.58. The zero-order chi connectivity index (χ0) is 16.3. The van der Waals surface area contributed by atoms with Gasteiger partial charge in [0, 0.05) is 5.92 Å². The van der Waals surface area contributed by atoms with Gasteiger partial charge in [-0.3, -0.25) is 0 Å². The predicted octanol–water partition coefficient (Wildman–Crippen LogP) is 2.56. The van der Waals surface area contributed by atoms with Crippen LogP contribution in [0.5, 0.6) is 0 Å². The van der Waals surface area contributed by atoms with E-state index in [1.807, 2.05) is 6.08 Å². The third-order valence-electron chi connectivity index (χ3n) is 5.74. The van der Waals surface area contributed by atoms with Crippen LogP contribution in [-0.4, -0.2) is 41.7 Å². The van der Waals surface area contributed by atoms with Gasteiger partial charge in [0.15, 0.2) is 0 Å². The molecular weight excluding hydrogens is 292 g/mol. The fourth-order valence-electron chi connectivity index (χ4n) is 4.64. The first kappa shape index (κ1) is 16.2. The molecule has 0 aromatic carbocycles. The van der Waals surface area contributed by atoms with Crippen molar-refractivity contribution in [3.05, 3.63) is 34.1 Å². The lowest BCUT2D eigenvalue weighted by Crippen LogP contribution is -2.61. The van der Waals surface area contributed by atoms with Crippen molar-refractivity contribution in [2.24, 2.45) is 11.8 Å². The molecule has 3 N–H and O–H groups in total. The molecule has 3 rings (SSSR count). The summed E-state index contributed by atoms with van der Waals surface area (Å²) in [6.07, 6.45) is 6.21. The molecule has 0 bridgehead atoms. The zero-order valence-electron chi connectivity index (χ0n) is 14.1. The summed E-state index contributed by atoms with van der Waals surface area (Å²) < 4.78 is 0. The van der Waals surface area contributed by atoms with E-state index in [9.17, 15) is 15.3 Å². The van der Waals surface area contributed by atoms with Crippen LogP contribution in [0.25, 0.3) is 0 Å². The standard InChI is InChI=1S/C18H28O3Si/c1-11(7-9-19)13-10-14(22(2,3)4)15-16-12(13)6-5-8-18(16,21)17(15)20/h7,10,12-13,17,19-21H,5-6,8-9H2,1-4H3/b11-7+/t12-,13?,17-,18+/m0/s1. The highest BCUT2D eigenvalue weighted by Crippen LogP contribution is 2.59. The van der Waals surface area contributed by atoms with Crippen LogP contribution < -0.4 is 0 Å². The van der Waals surface area contributed by atoms with Gasteiger partial charge in [-0.1, -0.05) is 42.6 Å². The fourth-order valence-corrected chi connectivity index (χ4v) is 6.40. The molecule has 4 heteroatoms. The van der Waals surface area contributed by atoms with E-state index >= 15 is 0 Å². The quantitative estimate of drug-likeness (QED) is 0.553. The Labute approximate surface area is 134 Å². The lowest BCUT2D eigenvalue weighted by atomic mass is 9.54. The van der Waals surface area contributed by atoms with Gasteiger partial charge in [-0.25, -0.2) is 0 Å². The molecule has 122 valence electrons. The summed E-state index contributed by atoms with van der Waals surface area (Å²) in [5.74, 6) is 0.548. The van der Waals surface area contributed by atoms with Gasteiger partial charge in [0.05, 0.1) is 14.7 Å². The first-order chi connectivity index (χ1) is 10.2. The summed E-state index contributed by atoms with van der Waals surface area (Å²) in [6.45, 7) is 9.02. The summed E-state index contributed by atoms with van der Waals surface area (Å²) in [5.41, 5.74) is 2.36. The second-order valence-corrected chi connectivity index (χ2v) is 13.2. The van der Waals surface area contributed by atoms with Crippen LogP contribution >= 0.6 is 0 Å². The maximum Gasteiger partial charge on any atom is 0.117 e. The van der Waals surface area contributed by atoms with Crippen LogP contribution in [0.1, 0.15) is 26.2 Å². The van der Waals surface area contributed by atoms with E-state index in [4.69, 9.17) is 0 Å². The molecule has 3 aliphatic rings. The monoisotopic (exact) mass is 320 g/mol. The van der Waals surface area contributed by atoms with Crippen molar-refractivity contribution in [2.45, 2.75) is 57.5 Å². The SMILES string of the molecule is C/C(=C\CO)C1C=C([Si](C)(C)C)C2=C3[C@H]1CCC[C@]3(O)[C@H]2O. The van der Waals surface area contributed by atoms with Gasteiger partial charge in [0.1, 0.15) is 11.7 Å². The molecule has 0 aliphatic heterocycles. The van der Waals surface area contributed by atoms with Crippen molar-refractivity contribution >= 4 is 8.07 Å². The van der Waals surface area contributed by atoms with Gasteiger partial charge in [-0.2, -0.15) is 0 Å². The summed E-state index contributed by atoms with van der Waals surface area (Å²) >= 11 is 0. The summed E-state index contributed by atoms with van der Waals surface area (Å²) in [5, 5.41) is 32.1. The Morgan fingerprint density at radius 3 is 2.68 bits per heavy atom. The summed E-state index contributed by atoms with van der Waals surface area (Å²) in [4.78, 5) is 0. The van der Waals surface area contributed by atoms with Crippen molar-refractivity contribution < 1.29 is 15.3 Å². The largest absolute Gasteiger partial charge is 0.392 e. The Morgan fingerprint density at radius 2 is 2.09 bits per heavy atom. The minimum atomic E-state index is -1.60. The highest BCUT2D eigenvalue weighted by molar-refractivity contribution is 6.84. The van der Waals surface area contributed by atoms with E-state index in [1.54, 1.807) is 0 Å². The van der Waals surface area contributed by atoms with Crippen molar-refractivity contribution in [1.82, 2.24) is 0 Å². The van der Waals surface area contributed by atoms with Crippen molar-refractivity contribution in [3.63, 3.8) is 0 Å². The maximum atomic E-state index is 10.9. The van der Waals surface area contributed by atoms with Crippen molar-refractivity contribution in [1.29, 1.82) is 0 Å². The molecule has 0 spiro atoms. The van der Waals surface area contributed by atoms with Crippen LogP contribution in [0.4, 0.5) is 0 Å². The molecule has 0 heterocycles. The third-order valence-corrected chi connectivity index (χ3v) is 7.80. The molecule has 0 aromatic rings. The summed E-state index contributed by atoms with van der Waals surface area (Å²) in [7, 11) is -1.60. The molecule has 0 amide bonds. The molecule has 1 unspecified atom stereocenters. The molecular formula is C18H28O3Si. The molecule has 0 radical (unpaired) electrons. The van der Waals surface area contributed by atoms with Gasteiger partial charge >= 0.3 is 0 Å². The third kappa shape index (κ3) is 2.12. The number of hydrogen-bond acceptors (Lipinski definition) is 3. The van der Waals surface area contributed by atoms with Gasteiger partial charge in [-0.05, 0) is 43.3 Å². The van der Waals surface area contributed by atoms with Crippen LogP contribution in [0.3, 0.4) is 0 Å². The van der Waals surface area contributed by atoms with Crippen LogP contribution in [0.15, 0.2) is 34.1 Å². The number of aliphatic hydroxyl groups is 3. The Kier molecular flexibility index (Phi) is 3.80. The van der Waals surface area contributed by atoms with E-state index in [2.05, 4.69) is 32.6 Å². The second kappa shape index (κ2) is 5.16. The molecule has 4 atom stereocenters. The van der Waals surface area contributed by atoms with Gasteiger partial charge in [-0.15, -0.1) is 0 Å². The van der Waals surface area contributed by atoms with E-state index in [-0.39, 0.29) is 12.5 Å². The topological polar surface area (TPSA) is 60.7 Å². The molecule has 0 aromatic heterocycles. The Hall–Kier alpha value is -0.683. The van der Waals surface area contributed by atoms with Crippen LogP contribution in [0.2, 0.25) is 19.6 Å². The second-order valence-electron chi connectivity index (χ2n) is 8.14. The molecule has 0 saturated heterocycles. The predicted molar refractivity (Wildman–Crippen MR) is 91.1 cm³/mol. The van der Waals surface area contributed by atoms with Crippen molar-refractivity contribution in [2.75, 3.05) is 6.61 Å².